The molecule has 3 aromatic carbocycles. The maximum absolute atomic E-state index is 14.4. The minimum Gasteiger partial charge on any atom is -0.310 e. The van der Waals surface area contributed by atoms with Gasteiger partial charge in [-0.15, -0.1) is 0 Å². The highest BCUT2D eigenvalue weighted by Crippen LogP contribution is 2.30. The number of nitrogens with zero attached hydrogens (tertiary/aromatic N) is 3. The quantitative estimate of drug-likeness (QED) is 0.502. The van der Waals surface area contributed by atoms with Crippen molar-refractivity contribution < 1.29 is 9.18 Å². The predicted molar refractivity (Wildman–Crippen MR) is 112 cm³/mol. The maximum atomic E-state index is 14.4. The highest BCUT2D eigenvalue weighted by Gasteiger charge is 2.29. The van der Waals surface area contributed by atoms with E-state index in [-0.39, 0.29) is 11.7 Å². The molecule has 4 nitrogen and oxygen atoms in total. The Hall–Kier alpha value is -3.47. The SMILES string of the molecule is CN(C(=O)c1nn(-c2ccccc2F)c2c1CCC2)c1ccc2ccccc2c1. The molecule has 1 aliphatic rings. The van der Waals surface area contributed by atoms with Gasteiger partial charge in [0.05, 0.1) is 0 Å². The van der Waals surface area contributed by atoms with Crippen LogP contribution in [-0.2, 0) is 12.8 Å². The van der Waals surface area contributed by atoms with Gasteiger partial charge in [-0.1, -0.05) is 42.5 Å². The summed E-state index contributed by atoms with van der Waals surface area (Å²) in [6.45, 7) is 0. The normalized spacial score (nSPS) is 12.9. The van der Waals surface area contributed by atoms with E-state index in [1.54, 1.807) is 34.8 Å². The number of para-hydroxylation sites is 1. The first-order valence-corrected chi connectivity index (χ1v) is 9.76. The summed E-state index contributed by atoms with van der Waals surface area (Å²) in [6, 6.07) is 20.6. The van der Waals surface area contributed by atoms with Gasteiger partial charge in [0.1, 0.15) is 11.5 Å². The lowest BCUT2D eigenvalue weighted by molar-refractivity contribution is 0.0987. The molecule has 1 amide bonds. The molecule has 5 rings (SSSR count). The van der Waals surface area contributed by atoms with E-state index in [1.807, 2.05) is 42.5 Å². The predicted octanol–water partition coefficient (Wildman–Crippen LogP) is 4.93. The van der Waals surface area contributed by atoms with Crippen molar-refractivity contribution in [3.63, 3.8) is 0 Å². The number of halogens is 1. The molecule has 0 saturated carbocycles. The molecule has 0 atom stereocenters. The molecule has 5 heteroatoms. The Bertz CT molecular complexity index is 1240. The fourth-order valence-electron chi connectivity index (χ4n) is 4.09. The third-order valence-electron chi connectivity index (χ3n) is 5.64. The molecular formula is C24H20FN3O. The van der Waals surface area contributed by atoms with Crippen molar-refractivity contribution in [3.05, 3.63) is 89.5 Å². The van der Waals surface area contributed by atoms with E-state index in [2.05, 4.69) is 5.10 Å². The zero-order valence-corrected chi connectivity index (χ0v) is 16.1. The van der Waals surface area contributed by atoms with Crippen LogP contribution in [0.3, 0.4) is 0 Å². The molecule has 1 aromatic heterocycles. The van der Waals surface area contributed by atoms with Gasteiger partial charge in [0, 0.05) is 24.0 Å². The van der Waals surface area contributed by atoms with Crippen LogP contribution in [0.25, 0.3) is 16.5 Å². The molecule has 0 bridgehead atoms. The summed E-state index contributed by atoms with van der Waals surface area (Å²) in [5.41, 5.74) is 3.48. The topological polar surface area (TPSA) is 38.1 Å². The molecule has 0 aliphatic heterocycles. The molecule has 29 heavy (non-hydrogen) atoms. The van der Waals surface area contributed by atoms with Crippen LogP contribution in [0.1, 0.15) is 28.2 Å². The van der Waals surface area contributed by atoms with Crippen LogP contribution in [0.4, 0.5) is 10.1 Å². The molecule has 0 radical (unpaired) electrons. The van der Waals surface area contributed by atoms with Crippen molar-refractivity contribution in [2.45, 2.75) is 19.3 Å². The molecule has 1 aliphatic carbocycles. The molecule has 0 unspecified atom stereocenters. The van der Waals surface area contributed by atoms with Gasteiger partial charge >= 0.3 is 0 Å². The molecule has 0 spiro atoms. The lowest BCUT2D eigenvalue weighted by atomic mass is 10.1. The number of hydrogen-bond acceptors (Lipinski definition) is 2. The molecule has 4 aromatic rings. The maximum Gasteiger partial charge on any atom is 0.278 e. The summed E-state index contributed by atoms with van der Waals surface area (Å²) >= 11 is 0. The second-order valence-electron chi connectivity index (χ2n) is 7.39. The average molecular weight is 385 g/mol. The van der Waals surface area contributed by atoms with E-state index >= 15 is 0 Å². The summed E-state index contributed by atoms with van der Waals surface area (Å²) in [5, 5.41) is 6.76. The zero-order chi connectivity index (χ0) is 20.0. The largest absolute Gasteiger partial charge is 0.310 e. The van der Waals surface area contributed by atoms with Crippen molar-refractivity contribution in [1.82, 2.24) is 9.78 Å². The van der Waals surface area contributed by atoms with E-state index in [1.165, 1.54) is 6.07 Å². The van der Waals surface area contributed by atoms with E-state index < -0.39 is 0 Å². The molecule has 0 saturated heterocycles. The van der Waals surface area contributed by atoms with E-state index in [9.17, 15) is 9.18 Å². The Morgan fingerprint density at radius 3 is 2.59 bits per heavy atom. The smallest absolute Gasteiger partial charge is 0.278 e. The van der Waals surface area contributed by atoms with Crippen LogP contribution in [-0.4, -0.2) is 22.7 Å². The first kappa shape index (κ1) is 17.6. The second-order valence-corrected chi connectivity index (χ2v) is 7.39. The summed E-state index contributed by atoms with van der Waals surface area (Å²) in [7, 11) is 1.76. The van der Waals surface area contributed by atoms with Crippen molar-refractivity contribution in [3.8, 4) is 5.69 Å². The Labute approximate surface area is 168 Å². The van der Waals surface area contributed by atoms with Gasteiger partial charge in [-0.05, 0) is 54.3 Å². The zero-order valence-electron chi connectivity index (χ0n) is 16.1. The highest BCUT2D eigenvalue weighted by molar-refractivity contribution is 6.06. The van der Waals surface area contributed by atoms with Gasteiger partial charge in [-0.2, -0.15) is 5.10 Å². The standard InChI is InChI=1S/C24H20FN3O/c1-27(18-14-13-16-7-2-3-8-17(16)15-18)24(29)23-19-9-6-12-21(19)28(26-23)22-11-5-4-10-20(22)25/h2-5,7-8,10-11,13-15H,6,9,12H2,1H3. The van der Waals surface area contributed by atoms with E-state index in [0.29, 0.717) is 11.4 Å². The van der Waals surface area contributed by atoms with Crippen LogP contribution in [0.2, 0.25) is 0 Å². The lowest BCUT2D eigenvalue weighted by Gasteiger charge is -2.17. The minimum atomic E-state index is -0.341. The number of carbonyl (C=O) groups excluding carboxylic acids is 1. The molecule has 144 valence electrons. The fraction of sp³-hybridized carbons (Fsp3) is 0.167. The van der Waals surface area contributed by atoms with E-state index in [4.69, 9.17) is 0 Å². The fourth-order valence-corrected chi connectivity index (χ4v) is 4.09. The van der Waals surface area contributed by atoms with Gasteiger partial charge in [0.2, 0.25) is 0 Å². The second kappa shape index (κ2) is 6.85. The number of rotatable bonds is 3. The van der Waals surface area contributed by atoms with Crippen molar-refractivity contribution in [2.24, 2.45) is 0 Å². The minimum absolute atomic E-state index is 0.173. The van der Waals surface area contributed by atoms with Crippen LogP contribution < -0.4 is 4.90 Å². The molecule has 1 heterocycles. The number of anilines is 1. The van der Waals surface area contributed by atoms with Gasteiger partial charge in [-0.25, -0.2) is 9.07 Å². The number of benzene rings is 3. The number of amides is 1. The van der Waals surface area contributed by atoms with Gasteiger partial charge in [0.15, 0.2) is 5.69 Å². The van der Waals surface area contributed by atoms with Crippen LogP contribution >= 0.6 is 0 Å². The first-order chi connectivity index (χ1) is 14.1. The Kier molecular flexibility index (Phi) is 4.16. The molecule has 0 N–H and O–H groups in total. The Morgan fingerprint density at radius 1 is 1.00 bits per heavy atom. The number of aromatic nitrogens is 2. The summed E-state index contributed by atoms with van der Waals surface area (Å²) in [4.78, 5) is 15.0. The number of carbonyl (C=O) groups is 1. The summed E-state index contributed by atoms with van der Waals surface area (Å²) in [5.74, 6) is -0.514. The summed E-state index contributed by atoms with van der Waals surface area (Å²) in [6.07, 6.45) is 2.53. The van der Waals surface area contributed by atoms with Crippen LogP contribution in [0.5, 0.6) is 0 Å². The van der Waals surface area contributed by atoms with Crippen molar-refractivity contribution in [2.75, 3.05) is 11.9 Å². The van der Waals surface area contributed by atoms with Gasteiger partial charge in [0.25, 0.3) is 5.91 Å². The number of hydrogen-bond donors (Lipinski definition) is 0. The van der Waals surface area contributed by atoms with Crippen molar-refractivity contribution >= 4 is 22.4 Å². The first-order valence-electron chi connectivity index (χ1n) is 9.76. The Balaban J connectivity index is 1.56. The van der Waals surface area contributed by atoms with Crippen molar-refractivity contribution in [1.29, 1.82) is 0 Å². The van der Waals surface area contributed by atoms with Gasteiger partial charge < -0.3 is 4.90 Å². The van der Waals surface area contributed by atoms with Gasteiger partial charge in [-0.3, -0.25) is 4.79 Å². The third-order valence-corrected chi connectivity index (χ3v) is 5.64. The molecular weight excluding hydrogens is 365 g/mol. The molecule has 0 fully saturated rings. The average Bonchev–Trinajstić information content (AvgIpc) is 3.36. The lowest BCUT2D eigenvalue weighted by Crippen LogP contribution is -2.27. The summed E-state index contributed by atoms with van der Waals surface area (Å²) < 4.78 is 16.0. The van der Waals surface area contributed by atoms with E-state index in [0.717, 1.165) is 47.0 Å². The Morgan fingerprint density at radius 2 is 1.76 bits per heavy atom. The van der Waals surface area contributed by atoms with Crippen LogP contribution in [0.15, 0.2) is 66.7 Å². The number of fused-ring (bicyclic) bond motifs is 2. The third kappa shape index (κ3) is 2.90. The monoisotopic (exact) mass is 385 g/mol. The highest BCUT2D eigenvalue weighted by atomic mass is 19.1. The van der Waals surface area contributed by atoms with Crippen LogP contribution in [0, 0.1) is 5.82 Å².